The molecule has 0 radical (unpaired) electrons. The van der Waals surface area contributed by atoms with Gasteiger partial charge >= 0.3 is 0 Å². The van der Waals surface area contributed by atoms with Gasteiger partial charge in [-0.05, 0) is 39.7 Å². The molecule has 4 heteroatoms. The summed E-state index contributed by atoms with van der Waals surface area (Å²) in [6.07, 6.45) is 1.74. The molecule has 17 heavy (non-hydrogen) atoms. The maximum absolute atomic E-state index is 11.6. The van der Waals surface area contributed by atoms with Crippen LogP contribution in [0.2, 0.25) is 0 Å². The van der Waals surface area contributed by atoms with E-state index < -0.39 is 0 Å². The highest BCUT2D eigenvalue weighted by atomic mass is 79.9. The highest BCUT2D eigenvalue weighted by Crippen LogP contribution is 2.08. The third kappa shape index (κ3) is 2.83. The van der Waals surface area contributed by atoms with E-state index in [4.69, 9.17) is 5.26 Å². The van der Waals surface area contributed by atoms with Crippen molar-refractivity contribution in [2.45, 2.75) is 6.54 Å². The van der Waals surface area contributed by atoms with Crippen molar-refractivity contribution in [1.82, 2.24) is 4.57 Å². The third-order valence-corrected chi connectivity index (χ3v) is 2.83. The molecule has 0 amide bonds. The molecule has 3 nitrogen and oxygen atoms in total. The van der Waals surface area contributed by atoms with Crippen LogP contribution in [0.5, 0.6) is 0 Å². The van der Waals surface area contributed by atoms with Crippen molar-refractivity contribution in [3.63, 3.8) is 0 Å². The number of pyridine rings is 1. The van der Waals surface area contributed by atoms with Crippen molar-refractivity contribution in [3.8, 4) is 6.07 Å². The second kappa shape index (κ2) is 4.98. The molecule has 0 spiro atoms. The molecule has 0 fully saturated rings. The zero-order valence-corrected chi connectivity index (χ0v) is 10.5. The fourth-order valence-electron chi connectivity index (χ4n) is 1.56. The zero-order valence-electron chi connectivity index (χ0n) is 8.93. The van der Waals surface area contributed by atoms with Crippen molar-refractivity contribution < 1.29 is 0 Å². The summed E-state index contributed by atoms with van der Waals surface area (Å²) < 4.78 is 2.45. The van der Waals surface area contributed by atoms with E-state index in [2.05, 4.69) is 22.0 Å². The Morgan fingerprint density at radius 3 is 2.88 bits per heavy atom. The van der Waals surface area contributed by atoms with Crippen LogP contribution < -0.4 is 5.56 Å². The van der Waals surface area contributed by atoms with Gasteiger partial charge in [0, 0.05) is 16.7 Å². The summed E-state index contributed by atoms with van der Waals surface area (Å²) in [6, 6.07) is 12.5. The maximum atomic E-state index is 11.6. The molecule has 1 aromatic heterocycles. The molecule has 0 N–H and O–H groups in total. The number of halogens is 1. The molecular weight excluding hydrogens is 280 g/mol. The van der Waals surface area contributed by atoms with Gasteiger partial charge in [-0.25, -0.2) is 0 Å². The van der Waals surface area contributed by atoms with Crippen molar-refractivity contribution in [1.29, 1.82) is 5.26 Å². The van der Waals surface area contributed by atoms with Crippen LogP contribution in [0.1, 0.15) is 11.1 Å². The first-order valence-electron chi connectivity index (χ1n) is 5.04. The van der Waals surface area contributed by atoms with Gasteiger partial charge in [0.2, 0.25) is 0 Å². The van der Waals surface area contributed by atoms with Crippen LogP contribution in [-0.2, 0) is 6.54 Å². The number of hydrogen-bond donors (Lipinski definition) is 0. The molecular formula is C13H9BrN2O. The maximum Gasteiger partial charge on any atom is 0.250 e. The lowest BCUT2D eigenvalue weighted by molar-refractivity contribution is 0.756. The summed E-state index contributed by atoms with van der Waals surface area (Å²) >= 11 is 3.33. The van der Waals surface area contributed by atoms with Crippen LogP contribution in [0.3, 0.4) is 0 Å². The van der Waals surface area contributed by atoms with Gasteiger partial charge in [-0.15, -0.1) is 0 Å². The van der Waals surface area contributed by atoms with Gasteiger partial charge in [-0.1, -0.05) is 12.1 Å². The minimum absolute atomic E-state index is 0.0597. The Bertz CT molecular complexity index is 640. The van der Waals surface area contributed by atoms with Crippen LogP contribution >= 0.6 is 15.9 Å². The Labute approximate surface area is 107 Å². The number of rotatable bonds is 2. The van der Waals surface area contributed by atoms with E-state index in [-0.39, 0.29) is 5.56 Å². The van der Waals surface area contributed by atoms with Gasteiger partial charge in [0.1, 0.15) is 0 Å². The number of nitriles is 1. The van der Waals surface area contributed by atoms with E-state index in [0.29, 0.717) is 12.1 Å². The van der Waals surface area contributed by atoms with Gasteiger partial charge in [-0.2, -0.15) is 5.26 Å². The summed E-state index contributed by atoms with van der Waals surface area (Å²) in [5, 5.41) is 8.80. The molecule has 0 saturated carbocycles. The Morgan fingerprint density at radius 2 is 2.12 bits per heavy atom. The van der Waals surface area contributed by atoms with Crippen molar-refractivity contribution in [2.24, 2.45) is 0 Å². The molecule has 0 bridgehead atoms. The largest absolute Gasteiger partial charge is 0.310 e. The number of hydrogen-bond acceptors (Lipinski definition) is 2. The molecule has 0 saturated heterocycles. The average Bonchev–Trinajstić information content (AvgIpc) is 2.34. The van der Waals surface area contributed by atoms with E-state index in [1.807, 2.05) is 12.1 Å². The van der Waals surface area contributed by atoms with Crippen molar-refractivity contribution in [2.75, 3.05) is 0 Å². The fraction of sp³-hybridized carbons (Fsp3) is 0.0769. The lowest BCUT2D eigenvalue weighted by Gasteiger charge is -2.06. The Hall–Kier alpha value is -1.86. The average molecular weight is 289 g/mol. The molecule has 1 aromatic carbocycles. The van der Waals surface area contributed by atoms with E-state index in [0.717, 1.165) is 10.0 Å². The Balaban J connectivity index is 2.35. The summed E-state index contributed by atoms with van der Waals surface area (Å²) in [5.74, 6) is 0. The van der Waals surface area contributed by atoms with Crippen molar-refractivity contribution >= 4 is 15.9 Å². The van der Waals surface area contributed by atoms with Crippen LogP contribution in [0, 0.1) is 11.3 Å². The first-order chi connectivity index (χ1) is 8.19. The Morgan fingerprint density at radius 1 is 1.29 bits per heavy atom. The highest BCUT2D eigenvalue weighted by molar-refractivity contribution is 9.10. The standard InChI is InChI=1S/C13H9BrN2O/c14-12-4-5-13(17)16(9-12)8-11-3-1-2-10(6-11)7-15/h1-6,9H,8H2. The van der Waals surface area contributed by atoms with Gasteiger partial charge in [-0.3, -0.25) is 4.79 Å². The third-order valence-electron chi connectivity index (χ3n) is 2.36. The number of benzene rings is 1. The van der Waals surface area contributed by atoms with Crippen LogP contribution in [0.25, 0.3) is 0 Å². The van der Waals surface area contributed by atoms with E-state index in [1.165, 1.54) is 6.07 Å². The summed E-state index contributed by atoms with van der Waals surface area (Å²) in [7, 11) is 0. The smallest absolute Gasteiger partial charge is 0.250 e. The van der Waals surface area contributed by atoms with E-state index in [9.17, 15) is 4.79 Å². The summed E-state index contributed by atoms with van der Waals surface area (Å²) in [5.41, 5.74) is 1.48. The topological polar surface area (TPSA) is 45.8 Å². The molecule has 1 heterocycles. The predicted molar refractivity (Wildman–Crippen MR) is 68.7 cm³/mol. The molecule has 2 rings (SSSR count). The first-order valence-corrected chi connectivity index (χ1v) is 5.83. The molecule has 0 atom stereocenters. The highest BCUT2D eigenvalue weighted by Gasteiger charge is 2.00. The second-order valence-corrected chi connectivity index (χ2v) is 4.54. The summed E-state index contributed by atoms with van der Waals surface area (Å²) in [4.78, 5) is 11.6. The SMILES string of the molecule is N#Cc1cccc(Cn2cc(Br)ccc2=O)c1. The number of aromatic nitrogens is 1. The lowest BCUT2D eigenvalue weighted by Crippen LogP contribution is -2.18. The molecule has 0 aliphatic heterocycles. The molecule has 0 aliphatic rings. The lowest BCUT2D eigenvalue weighted by atomic mass is 10.1. The second-order valence-electron chi connectivity index (χ2n) is 3.63. The van der Waals surface area contributed by atoms with Gasteiger partial charge in [0.15, 0.2) is 0 Å². The minimum atomic E-state index is -0.0597. The summed E-state index contributed by atoms with van der Waals surface area (Å²) in [6.45, 7) is 0.466. The quantitative estimate of drug-likeness (QED) is 0.852. The molecule has 0 unspecified atom stereocenters. The fourth-order valence-corrected chi connectivity index (χ4v) is 1.94. The molecule has 2 aromatic rings. The number of nitrogens with zero attached hydrogens (tertiary/aromatic N) is 2. The van der Waals surface area contributed by atoms with Gasteiger partial charge in [0.05, 0.1) is 18.2 Å². The van der Waals surface area contributed by atoms with E-state index in [1.54, 1.807) is 29.0 Å². The molecule has 84 valence electrons. The predicted octanol–water partition coefficient (Wildman–Crippen LogP) is 2.53. The van der Waals surface area contributed by atoms with Crippen LogP contribution in [0.15, 0.2) is 51.9 Å². The monoisotopic (exact) mass is 288 g/mol. The first kappa shape index (κ1) is 11.6. The minimum Gasteiger partial charge on any atom is -0.310 e. The normalized spacial score (nSPS) is 9.88. The van der Waals surface area contributed by atoms with Crippen LogP contribution in [-0.4, -0.2) is 4.57 Å². The van der Waals surface area contributed by atoms with Crippen molar-refractivity contribution in [3.05, 3.63) is 68.5 Å². The Kier molecular flexibility index (Phi) is 3.40. The zero-order chi connectivity index (χ0) is 12.3. The van der Waals surface area contributed by atoms with Crippen LogP contribution in [0.4, 0.5) is 0 Å². The van der Waals surface area contributed by atoms with Gasteiger partial charge in [0.25, 0.3) is 5.56 Å². The van der Waals surface area contributed by atoms with Gasteiger partial charge < -0.3 is 4.57 Å². The molecule has 0 aliphatic carbocycles. The van der Waals surface area contributed by atoms with E-state index >= 15 is 0 Å².